The molecule has 1 fully saturated rings. The van der Waals surface area contributed by atoms with Gasteiger partial charge in [0.15, 0.2) is 11.6 Å². The van der Waals surface area contributed by atoms with Crippen LogP contribution in [0.25, 0.3) is 0 Å². The first kappa shape index (κ1) is 15.3. The van der Waals surface area contributed by atoms with Crippen molar-refractivity contribution in [3.8, 4) is 5.75 Å². The second-order valence-electron chi connectivity index (χ2n) is 5.67. The number of nitrogens with zero attached hydrogens (tertiary/aromatic N) is 1. The lowest BCUT2D eigenvalue weighted by atomic mass is 10.1. The number of aromatic nitrogens is 3. The van der Waals surface area contributed by atoms with Crippen molar-refractivity contribution in [1.29, 1.82) is 0 Å². The van der Waals surface area contributed by atoms with Crippen LogP contribution < -0.4 is 15.7 Å². The van der Waals surface area contributed by atoms with E-state index in [-0.39, 0.29) is 11.6 Å². The van der Waals surface area contributed by atoms with Gasteiger partial charge in [0, 0.05) is 0 Å². The van der Waals surface area contributed by atoms with E-state index in [0.717, 1.165) is 12.8 Å². The van der Waals surface area contributed by atoms with Crippen LogP contribution >= 0.6 is 0 Å². The highest BCUT2D eigenvalue weighted by Crippen LogP contribution is 2.30. The van der Waals surface area contributed by atoms with Crippen LogP contribution in [0.3, 0.4) is 0 Å². The van der Waals surface area contributed by atoms with Crippen molar-refractivity contribution < 1.29 is 13.9 Å². The first-order valence-electron chi connectivity index (χ1n) is 7.40. The monoisotopic (exact) mass is 320 g/mol. The summed E-state index contributed by atoms with van der Waals surface area (Å²) in [5.74, 6) is -0.367. The van der Waals surface area contributed by atoms with Crippen molar-refractivity contribution in [2.45, 2.75) is 25.8 Å². The predicted molar refractivity (Wildman–Crippen MR) is 79.7 cm³/mol. The molecule has 1 aromatic heterocycles. The molecular formula is C15H17FN4O3. The Morgan fingerprint density at radius 2 is 2.30 bits per heavy atom. The summed E-state index contributed by atoms with van der Waals surface area (Å²) in [6.07, 6.45) is 2.27. The van der Waals surface area contributed by atoms with Crippen molar-refractivity contribution in [3.05, 3.63) is 45.9 Å². The van der Waals surface area contributed by atoms with E-state index in [0.29, 0.717) is 18.1 Å². The summed E-state index contributed by atoms with van der Waals surface area (Å²) in [6.45, 7) is 2.25. The van der Waals surface area contributed by atoms with Crippen LogP contribution in [0.2, 0.25) is 0 Å². The highest BCUT2D eigenvalue weighted by atomic mass is 19.1. The standard InChI is InChI=1S/C15H17FN4O3/c1-8(17-14(21)13-18-15(22)20-19-13)10-4-5-12(11(16)6-10)23-7-9-2-3-9/h4-6,8-9H,2-3,7H2,1H3,(H,17,21)(H2,18,19,20,22)/t8-/m0/s1. The zero-order chi connectivity index (χ0) is 16.4. The first-order chi connectivity index (χ1) is 11.0. The molecule has 0 aliphatic heterocycles. The Bertz CT molecular complexity index is 766. The largest absolute Gasteiger partial charge is 0.490 e. The second-order valence-corrected chi connectivity index (χ2v) is 5.67. The van der Waals surface area contributed by atoms with Crippen LogP contribution in [0.1, 0.15) is 42.0 Å². The Morgan fingerprint density at radius 1 is 1.52 bits per heavy atom. The van der Waals surface area contributed by atoms with E-state index in [2.05, 4.69) is 20.5 Å². The molecule has 3 rings (SSSR count). The van der Waals surface area contributed by atoms with Gasteiger partial charge < -0.3 is 10.1 Å². The Hall–Kier alpha value is -2.64. The number of rotatable bonds is 6. The molecule has 0 radical (unpaired) electrons. The fourth-order valence-electron chi connectivity index (χ4n) is 2.12. The Morgan fingerprint density at radius 3 is 2.91 bits per heavy atom. The minimum absolute atomic E-state index is 0.119. The number of amides is 1. The number of ether oxygens (including phenoxy) is 1. The number of carbonyl (C=O) groups is 1. The minimum Gasteiger partial charge on any atom is -0.490 e. The van der Waals surface area contributed by atoms with Gasteiger partial charge in [-0.3, -0.25) is 9.78 Å². The molecule has 1 saturated carbocycles. The van der Waals surface area contributed by atoms with Gasteiger partial charge in [-0.05, 0) is 43.4 Å². The van der Waals surface area contributed by atoms with Crippen molar-refractivity contribution in [2.24, 2.45) is 5.92 Å². The molecule has 1 amide bonds. The molecule has 23 heavy (non-hydrogen) atoms. The van der Waals surface area contributed by atoms with Gasteiger partial charge in [0.1, 0.15) is 0 Å². The average molecular weight is 320 g/mol. The van der Waals surface area contributed by atoms with Crippen LogP contribution in [-0.4, -0.2) is 27.7 Å². The van der Waals surface area contributed by atoms with E-state index in [1.54, 1.807) is 19.1 Å². The van der Waals surface area contributed by atoms with Crippen molar-refractivity contribution in [3.63, 3.8) is 0 Å². The number of nitrogens with one attached hydrogen (secondary N) is 3. The van der Waals surface area contributed by atoms with Crippen LogP contribution in [0.5, 0.6) is 5.75 Å². The van der Waals surface area contributed by atoms with E-state index >= 15 is 0 Å². The van der Waals surface area contributed by atoms with E-state index in [1.807, 2.05) is 0 Å². The molecule has 0 unspecified atom stereocenters. The second kappa shape index (κ2) is 6.23. The molecule has 0 saturated heterocycles. The molecule has 122 valence electrons. The molecule has 0 bridgehead atoms. The third-order valence-electron chi connectivity index (χ3n) is 3.69. The minimum atomic E-state index is -0.564. The molecular weight excluding hydrogens is 303 g/mol. The number of H-pyrrole nitrogens is 2. The number of benzene rings is 1. The topological polar surface area (TPSA) is 99.9 Å². The summed E-state index contributed by atoms with van der Waals surface area (Å²) >= 11 is 0. The molecule has 1 heterocycles. The van der Waals surface area contributed by atoms with Crippen LogP contribution in [0.4, 0.5) is 4.39 Å². The average Bonchev–Trinajstić information content (AvgIpc) is 3.25. The number of halogens is 1. The molecule has 8 heteroatoms. The fourth-order valence-corrected chi connectivity index (χ4v) is 2.12. The molecule has 1 aliphatic carbocycles. The van der Waals surface area contributed by atoms with Crippen LogP contribution in [-0.2, 0) is 0 Å². The molecule has 1 atom stereocenters. The maximum absolute atomic E-state index is 14.0. The van der Waals surface area contributed by atoms with E-state index < -0.39 is 23.5 Å². The summed E-state index contributed by atoms with van der Waals surface area (Å²) in [5, 5.41) is 8.28. The van der Waals surface area contributed by atoms with Crippen LogP contribution in [0, 0.1) is 11.7 Å². The van der Waals surface area contributed by atoms with Crippen molar-refractivity contribution in [1.82, 2.24) is 20.5 Å². The maximum atomic E-state index is 14.0. The summed E-state index contributed by atoms with van der Waals surface area (Å²) in [5.41, 5.74) is 0.0264. The summed E-state index contributed by atoms with van der Waals surface area (Å²) in [7, 11) is 0. The summed E-state index contributed by atoms with van der Waals surface area (Å²) in [4.78, 5) is 25.1. The van der Waals surface area contributed by atoms with Gasteiger partial charge in [0.05, 0.1) is 12.6 Å². The summed E-state index contributed by atoms with van der Waals surface area (Å²) in [6, 6.07) is 4.14. The number of aromatic amines is 2. The van der Waals surface area contributed by atoms with Gasteiger partial charge in [0.25, 0.3) is 5.91 Å². The van der Waals surface area contributed by atoms with Gasteiger partial charge >= 0.3 is 5.69 Å². The Labute approximate surface area is 131 Å². The highest BCUT2D eigenvalue weighted by molar-refractivity contribution is 5.90. The van der Waals surface area contributed by atoms with Gasteiger partial charge in [-0.1, -0.05) is 6.07 Å². The SMILES string of the molecule is C[C@H](NC(=O)c1n[nH]c(=O)[nH]1)c1ccc(OCC2CC2)c(F)c1. The van der Waals surface area contributed by atoms with Gasteiger partial charge in [-0.15, -0.1) is 5.10 Å². The van der Waals surface area contributed by atoms with E-state index in [9.17, 15) is 14.0 Å². The highest BCUT2D eigenvalue weighted by Gasteiger charge is 2.22. The molecule has 1 aromatic carbocycles. The number of hydrogen-bond acceptors (Lipinski definition) is 4. The summed E-state index contributed by atoms with van der Waals surface area (Å²) < 4.78 is 19.5. The lowest BCUT2D eigenvalue weighted by Crippen LogP contribution is -2.28. The third kappa shape index (κ3) is 3.77. The quantitative estimate of drug-likeness (QED) is 0.751. The van der Waals surface area contributed by atoms with Crippen LogP contribution in [0.15, 0.2) is 23.0 Å². The number of hydrogen-bond donors (Lipinski definition) is 3. The van der Waals surface area contributed by atoms with Gasteiger partial charge in [-0.25, -0.2) is 14.3 Å². The van der Waals surface area contributed by atoms with E-state index in [4.69, 9.17) is 4.74 Å². The first-order valence-corrected chi connectivity index (χ1v) is 7.40. The lowest BCUT2D eigenvalue weighted by Gasteiger charge is -2.14. The zero-order valence-corrected chi connectivity index (χ0v) is 12.6. The maximum Gasteiger partial charge on any atom is 0.341 e. The third-order valence-corrected chi connectivity index (χ3v) is 3.69. The Balaban J connectivity index is 1.64. The smallest absolute Gasteiger partial charge is 0.341 e. The fraction of sp³-hybridized carbons (Fsp3) is 0.400. The number of carbonyl (C=O) groups excluding carboxylic acids is 1. The van der Waals surface area contributed by atoms with E-state index in [1.165, 1.54) is 6.07 Å². The molecule has 0 spiro atoms. The van der Waals surface area contributed by atoms with Gasteiger partial charge in [0.2, 0.25) is 5.82 Å². The normalized spacial score (nSPS) is 15.2. The van der Waals surface area contributed by atoms with Crippen molar-refractivity contribution in [2.75, 3.05) is 6.61 Å². The molecule has 1 aliphatic rings. The molecule has 3 N–H and O–H groups in total. The lowest BCUT2D eigenvalue weighted by molar-refractivity contribution is 0.0929. The predicted octanol–water partition coefficient (Wildman–Crippen LogP) is 1.52. The van der Waals surface area contributed by atoms with Crippen molar-refractivity contribution >= 4 is 5.91 Å². The Kier molecular flexibility index (Phi) is 4.14. The van der Waals surface area contributed by atoms with Gasteiger partial charge in [-0.2, -0.15) is 0 Å². The molecule has 2 aromatic rings. The molecule has 7 nitrogen and oxygen atoms in total. The zero-order valence-electron chi connectivity index (χ0n) is 12.6.